The molecule has 1 amide bonds. The van der Waals surface area contributed by atoms with Crippen LogP contribution in [0.5, 0.6) is 11.5 Å². The molecular formula is C18H29ClN2O3. The molecule has 6 heteroatoms. The number of rotatable bonds is 6. The first-order valence-electron chi connectivity index (χ1n) is 8.23. The van der Waals surface area contributed by atoms with E-state index in [2.05, 4.69) is 5.32 Å². The van der Waals surface area contributed by atoms with Crippen LogP contribution in [-0.2, 0) is 4.79 Å². The summed E-state index contributed by atoms with van der Waals surface area (Å²) in [5.74, 6) is 1.75. The summed E-state index contributed by atoms with van der Waals surface area (Å²) < 4.78 is 10.7. The fourth-order valence-electron chi connectivity index (χ4n) is 3.40. The van der Waals surface area contributed by atoms with Gasteiger partial charge < -0.3 is 20.5 Å². The van der Waals surface area contributed by atoms with Gasteiger partial charge in [-0.25, -0.2) is 0 Å². The lowest BCUT2D eigenvalue weighted by molar-refractivity contribution is -0.122. The van der Waals surface area contributed by atoms with Crippen molar-refractivity contribution in [2.45, 2.75) is 51.6 Å². The molecule has 0 spiro atoms. The summed E-state index contributed by atoms with van der Waals surface area (Å²) >= 11 is 0. The predicted molar refractivity (Wildman–Crippen MR) is 98.0 cm³/mol. The molecule has 0 aromatic heterocycles. The summed E-state index contributed by atoms with van der Waals surface area (Å²) in [6, 6.07) is 3.95. The lowest BCUT2D eigenvalue weighted by Crippen LogP contribution is -2.33. The van der Waals surface area contributed by atoms with Crippen molar-refractivity contribution < 1.29 is 14.3 Å². The highest BCUT2D eigenvalue weighted by molar-refractivity contribution is 5.85. The summed E-state index contributed by atoms with van der Waals surface area (Å²) in [5, 5.41) is 3.08. The fraction of sp³-hybridized carbons (Fsp3) is 0.611. The fourth-order valence-corrected chi connectivity index (χ4v) is 3.40. The minimum Gasteiger partial charge on any atom is -0.493 e. The summed E-state index contributed by atoms with van der Waals surface area (Å²) in [4.78, 5) is 12.3. The van der Waals surface area contributed by atoms with Gasteiger partial charge in [-0.3, -0.25) is 4.79 Å². The Morgan fingerprint density at radius 2 is 1.92 bits per heavy atom. The number of amides is 1. The molecule has 3 N–H and O–H groups in total. The van der Waals surface area contributed by atoms with Crippen molar-refractivity contribution in [3.05, 3.63) is 23.3 Å². The Labute approximate surface area is 150 Å². The van der Waals surface area contributed by atoms with Crippen LogP contribution in [0.2, 0.25) is 0 Å². The standard InChI is InChI=1S/C18H28N2O3.ClH/c1-11-8-16(22-3)17(23-4)10-14(11)12(2)20-18(21)9-13-6-5-7-15(13)19;/h8,10,12-13,15H,5-7,9,19H2,1-4H3,(H,20,21);1H/t12?,13-,15+;/m0./s1. The second-order valence-corrected chi connectivity index (χ2v) is 6.41. The van der Waals surface area contributed by atoms with Crippen molar-refractivity contribution in [1.82, 2.24) is 5.32 Å². The Morgan fingerprint density at radius 3 is 2.46 bits per heavy atom. The number of hydrogen-bond acceptors (Lipinski definition) is 4. The molecule has 1 aromatic carbocycles. The molecule has 1 aliphatic rings. The third kappa shape index (κ3) is 4.77. The maximum atomic E-state index is 12.3. The van der Waals surface area contributed by atoms with Crippen molar-refractivity contribution in [3.63, 3.8) is 0 Å². The molecule has 1 unspecified atom stereocenters. The van der Waals surface area contributed by atoms with Gasteiger partial charge in [0.05, 0.1) is 20.3 Å². The molecule has 2 rings (SSSR count). The molecule has 136 valence electrons. The second kappa shape index (κ2) is 9.14. The summed E-state index contributed by atoms with van der Waals surface area (Å²) in [7, 11) is 3.23. The normalized spacial score (nSPS) is 20.9. The highest BCUT2D eigenvalue weighted by atomic mass is 35.5. The quantitative estimate of drug-likeness (QED) is 0.821. The third-order valence-corrected chi connectivity index (χ3v) is 4.78. The van der Waals surface area contributed by atoms with Crippen LogP contribution >= 0.6 is 12.4 Å². The highest BCUT2D eigenvalue weighted by Crippen LogP contribution is 2.33. The van der Waals surface area contributed by atoms with Gasteiger partial charge in [-0.2, -0.15) is 0 Å². The zero-order chi connectivity index (χ0) is 17.0. The van der Waals surface area contributed by atoms with E-state index in [4.69, 9.17) is 15.2 Å². The zero-order valence-electron chi connectivity index (χ0n) is 14.9. The smallest absolute Gasteiger partial charge is 0.220 e. The molecule has 1 fully saturated rings. The SMILES string of the molecule is COc1cc(C)c(C(C)NC(=O)C[C@@H]2CCC[C@H]2N)cc1OC.Cl. The van der Waals surface area contributed by atoms with E-state index in [0.29, 0.717) is 23.8 Å². The van der Waals surface area contributed by atoms with Crippen molar-refractivity contribution in [2.75, 3.05) is 14.2 Å². The van der Waals surface area contributed by atoms with Gasteiger partial charge in [-0.1, -0.05) is 6.42 Å². The van der Waals surface area contributed by atoms with E-state index in [0.717, 1.165) is 30.4 Å². The van der Waals surface area contributed by atoms with Crippen LogP contribution in [-0.4, -0.2) is 26.2 Å². The largest absolute Gasteiger partial charge is 0.493 e. The lowest BCUT2D eigenvalue weighted by Gasteiger charge is -2.21. The Bertz CT molecular complexity index is 565. The topological polar surface area (TPSA) is 73.6 Å². The van der Waals surface area contributed by atoms with Crippen molar-refractivity contribution in [2.24, 2.45) is 11.7 Å². The Kier molecular flexibility index (Phi) is 7.84. The van der Waals surface area contributed by atoms with Crippen molar-refractivity contribution >= 4 is 18.3 Å². The van der Waals surface area contributed by atoms with Crippen LogP contribution in [0.1, 0.15) is 49.8 Å². The van der Waals surface area contributed by atoms with Gasteiger partial charge in [0.1, 0.15) is 0 Å². The average Bonchev–Trinajstić information content (AvgIpc) is 2.91. The molecular weight excluding hydrogens is 328 g/mol. The van der Waals surface area contributed by atoms with E-state index in [-0.39, 0.29) is 30.4 Å². The monoisotopic (exact) mass is 356 g/mol. The van der Waals surface area contributed by atoms with Gasteiger partial charge in [0.25, 0.3) is 0 Å². The van der Waals surface area contributed by atoms with Gasteiger partial charge in [-0.05, 0) is 55.9 Å². The van der Waals surface area contributed by atoms with E-state index in [1.165, 1.54) is 0 Å². The first-order chi connectivity index (χ1) is 11.0. The summed E-state index contributed by atoms with van der Waals surface area (Å²) in [5.41, 5.74) is 8.15. The molecule has 3 atom stereocenters. The van der Waals surface area contributed by atoms with Crippen LogP contribution in [0.4, 0.5) is 0 Å². The number of nitrogens with two attached hydrogens (primary N) is 1. The van der Waals surface area contributed by atoms with Crippen LogP contribution in [0.3, 0.4) is 0 Å². The molecule has 0 bridgehead atoms. The van der Waals surface area contributed by atoms with Crippen LogP contribution < -0.4 is 20.5 Å². The molecule has 0 heterocycles. The molecule has 0 saturated heterocycles. The van der Waals surface area contributed by atoms with Crippen molar-refractivity contribution in [3.8, 4) is 11.5 Å². The van der Waals surface area contributed by atoms with Crippen LogP contribution in [0, 0.1) is 12.8 Å². The number of aryl methyl sites for hydroxylation is 1. The maximum absolute atomic E-state index is 12.3. The number of hydrogen-bond donors (Lipinski definition) is 2. The maximum Gasteiger partial charge on any atom is 0.220 e. The van der Waals surface area contributed by atoms with E-state index in [9.17, 15) is 4.79 Å². The molecule has 5 nitrogen and oxygen atoms in total. The first kappa shape index (κ1) is 20.6. The third-order valence-electron chi connectivity index (χ3n) is 4.78. The van der Waals surface area contributed by atoms with Gasteiger partial charge in [-0.15, -0.1) is 12.4 Å². The van der Waals surface area contributed by atoms with Gasteiger partial charge in [0.2, 0.25) is 5.91 Å². The molecule has 0 aliphatic heterocycles. The van der Waals surface area contributed by atoms with Crippen LogP contribution in [0.25, 0.3) is 0 Å². The van der Waals surface area contributed by atoms with E-state index in [1.54, 1.807) is 14.2 Å². The number of carbonyl (C=O) groups excluding carboxylic acids is 1. The van der Waals surface area contributed by atoms with Crippen LogP contribution in [0.15, 0.2) is 12.1 Å². The van der Waals surface area contributed by atoms with E-state index < -0.39 is 0 Å². The zero-order valence-corrected chi connectivity index (χ0v) is 15.7. The second-order valence-electron chi connectivity index (χ2n) is 6.41. The molecule has 1 aromatic rings. The lowest BCUT2D eigenvalue weighted by atomic mass is 9.98. The molecule has 1 aliphatic carbocycles. The van der Waals surface area contributed by atoms with E-state index >= 15 is 0 Å². The number of ether oxygens (including phenoxy) is 2. The summed E-state index contributed by atoms with van der Waals surface area (Å²) in [6.45, 7) is 3.99. The Balaban J connectivity index is 0.00000288. The first-order valence-corrected chi connectivity index (χ1v) is 8.23. The van der Waals surface area contributed by atoms with Crippen molar-refractivity contribution in [1.29, 1.82) is 0 Å². The molecule has 0 radical (unpaired) electrons. The number of methoxy groups -OCH3 is 2. The Hall–Kier alpha value is -1.46. The minimum atomic E-state index is -0.0834. The van der Waals surface area contributed by atoms with Gasteiger partial charge >= 0.3 is 0 Å². The number of nitrogens with one attached hydrogen (secondary N) is 1. The summed E-state index contributed by atoms with van der Waals surface area (Å²) in [6.07, 6.45) is 3.72. The molecule has 1 saturated carbocycles. The van der Waals surface area contributed by atoms with Gasteiger partial charge in [0.15, 0.2) is 11.5 Å². The Morgan fingerprint density at radius 1 is 1.29 bits per heavy atom. The van der Waals surface area contributed by atoms with Gasteiger partial charge in [0, 0.05) is 12.5 Å². The minimum absolute atomic E-state index is 0. The number of halogens is 1. The predicted octanol–water partition coefficient (Wildman–Crippen LogP) is 3.13. The van der Waals surface area contributed by atoms with E-state index in [1.807, 2.05) is 26.0 Å². The average molecular weight is 357 g/mol. The number of benzene rings is 1. The molecule has 24 heavy (non-hydrogen) atoms. The highest BCUT2D eigenvalue weighted by Gasteiger charge is 2.26. The number of carbonyl (C=O) groups is 1.